The van der Waals surface area contributed by atoms with E-state index in [0.717, 1.165) is 0 Å². The van der Waals surface area contributed by atoms with Gasteiger partial charge >= 0.3 is 6.03 Å². The molecule has 2 N–H and O–H groups in total. The standard InChI is InChI=1S/C19H15FN4O4/c20-17-4-2-1-3-14(17)11-21-19(25)23-22-12-16-9-10-18(28-16)13-5-7-15(8-6-13)24(26)27/h1-10,12H,11H2,(H2,21,23,25)/b22-12+. The van der Waals surface area contributed by atoms with Crippen molar-refractivity contribution in [1.29, 1.82) is 0 Å². The number of halogens is 1. The van der Waals surface area contributed by atoms with E-state index in [1.807, 2.05) is 0 Å². The molecule has 3 rings (SSSR count). The van der Waals surface area contributed by atoms with Gasteiger partial charge in [-0.25, -0.2) is 14.6 Å². The Kier molecular flexibility index (Phi) is 5.75. The van der Waals surface area contributed by atoms with Crippen molar-refractivity contribution in [1.82, 2.24) is 10.7 Å². The highest BCUT2D eigenvalue weighted by atomic mass is 19.1. The molecule has 2 amide bonds. The van der Waals surface area contributed by atoms with Gasteiger partial charge in [-0.05, 0) is 30.3 Å². The highest BCUT2D eigenvalue weighted by Gasteiger charge is 2.08. The minimum atomic E-state index is -0.596. The lowest BCUT2D eigenvalue weighted by Gasteiger charge is -2.04. The van der Waals surface area contributed by atoms with Crippen molar-refractivity contribution >= 4 is 17.9 Å². The summed E-state index contributed by atoms with van der Waals surface area (Å²) < 4.78 is 19.0. The maximum absolute atomic E-state index is 13.5. The molecular weight excluding hydrogens is 367 g/mol. The van der Waals surface area contributed by atoms with Crippen molar-refractivity contribution in [3.63, 3.8) is 0 Å². The van der Waals surface area contributed by atoms with E-state index in [1.165, 1.54) is 24.4 Å². The quantitative estimate of drug-likeness (QED) is 0.383. The Morgan fingerprint density at radius 1 is 1.14 bits per heavy atom. The number of nitro benzene ring substituents is 1. The van der Waals surface area contributed by atoms with Crippen LogP contribution < -0.4 is 10.7 Å². The second kappa shape index (κ2) is 8.58. The molecule has 0 radical (unpaired) electrons. The number of non-ortho nitro benzene ring substituents is 1. The Morgan fingerprint density at radius 3 is 2.61 bits per heavy atom. The van der Waals surface area contributed by atoms with E-state index >= 15 is 0 Å². The van der Waals surface area contributed by atoms with E-state index < -0.39 is 16.8 Å². The third-order valence-electron chi connectivity index (χ3n) is 3.74. The first-order chi connectivity index (χ1) is 13.5. The summed E-state index contributed by atoms with van der Waals surface area (Å²) in [5.74, 6) is 0.476. The number of nitrogens with one attached hydrogen (secondary N) is 2. The summed E-state index contributed by atoms with van der Waals surface area (Å²) in [6, 6.07) is 14.8. The van der Waals surface area contributed by atoms with E-state index in [-0.39, 0.29) is 12.2 Å². The molecular formula is C19H15FN4O4. The smallest absolute Gasteiger partial charge is 0.335 e. The molecule has 0 fully saturated rings. The molecule has 0 saturated carbocycles. The summed E-state index contributed by atoms with van der Waals surface area (Å²) in [5, 5.41) is 16.9. The molecule has 0 bridgehead atoms. The number of carbonyl (C=O) groups excluding carboxylic acids is 1. The van der Waals surface area contributed by atoms with Gasteiger partial charge in [0.1, 0.15) is 17.3 Å². The van der Waals surface area contributed by atoms with Gasteiger partial charge in [0.25, 0.3) is 5.69 Å². The number of nitrogens with zero attached hydrogens (tertiary/aromatic N) is 2. The lowest BCUT2D eigenvalue weighted by molar-refractivity contribution is -0.384. The zero-order valence-corrected chi connectivity index (χ0v) is 14.5. The van der Waals surface area contributed by atoms with Crippen molar-refractivity contribution in [3.8, 4) is 11.3 Å². The van der Waals surface area contributed by atoms with Crippen molar-refractivity contribution in [2.45, 2.75) is 6.54 Å². The van der Waals surface area contributed by atoms with E-state index in [4.69, 9.17) is 4.42 Å². The van der Waals surface area contributed by atoms with Gasteiger partial charge in [0, 0.05) is 29.8 Å². The van der Waals surface area contributed by atoms with Crippen molar-refractivity contribution < 1.29 is 18.5 Å². The fourth-order valence-corrected chi connectivity index (χ4v) is 2.34. The number of nitro groups is 1. The molecule has 142 valence electrons. The monoisotopic (exact) mass is 382 g/mol. The molecule has 0 spiro atoms. The van der Waals surface area contributed by atoms with E-state index in [0.29, 0.717) is 22.6 Å². The molecule has 0 unspecified atom stereocenters. The molecule has 0 saturated heterocycles. The number of amides is 2. The maximum atomic E-state index is 13.5. The summed E-state index contributed by atoms with van der Waals surface area (Å²) in [7, 11) is 0. The van der Waals surface area contributed by atoms with Gasteiger partial charge < -0.3 is 9.73 Å². The van der Waals surface area contributed by atoms with Crippen LogP contribution in [0.15, 0.2) is 70.2 Å². The van der Waals surface area contributed by atoms with Gasteiger partial charge in [0.2, 0.25) is 0 Å². The summed E-state index contributed by atoms with van der Waals surface area (Å²) in [6.07, 6.45) is 1.30. The van der Waals surface area contributed by atoms with Crippen molar-refractivity contribution in [2.75, 3.05) is 0 Å². The van der Waals surface area contributed by atoms with Crippen LogP contribution in [0.25, 0.3) is 11.3 Å². The topological polar surface area (TPSA) is 110 Å². The van der Waals surface area contributed by atoms with Crippen LogP contribution in [0.2, 0.25) is 0 Å². The van der Waals surface area contributed by atoms with Crippen LogP contribution in [0.1, 0.15) is 11.3 Å². The number of carbonyl (C=O) groups is 1. The van der Waals surface area contributed by atoms with E-state index in [1.54, 1.807) is 42.5 Å². The van der Waals surface area contributed by atoms with Gasteiger partial charge in [-0.3, -0.25) is 10.1 Å². The van der Waals surface area contributed by atoms with Gasteiger partial charge in [-0.1, -0.05) is 18.2 Å². The van der Waals surface area contributed by atoms with Crippen LogP contribution in [0.4, 0.5) is 14.9 Å². The third kappa shape index (κ3) is 4.79. The molecule has 1 heterocycles. The Morgan fingerprint density at radius 2 is 1.89 bits per heavy atom. The fourth-order valence-electron chi connectivity index (χ4n) is 2.34. The Hall–Kier alpha value is -4.01. The predicted molar refractivity (Wildman–Crippen MR) is 100 cm³/mol. The lowest BCUT2D eigenvalue weighted by Crippen LogP contribution is -2.32. The molecule has 2 aromatic carbocycles. The van der Waals surface area contributed by atoms with Crippen LogP contribution in [0, 0.1) is 15.9 Å². The van der Waals surface area contributed by atoms with Gasteiger partial charge in [-0.15, -0.1) is 0 Å². The highest BCUT2D eigenvalue weighted by molar-refractivity contribution is 5.80. The van der Waals surface area contributed by atoms with E-state index in [9.17, 15) is 19.3 Å². The normalized spacial score (nSPS) is 10.8. The van der Waals surface area contributed by atoms with Gasteiger partial charge in [-0.2, -0.15) is 5.10 Å². The zero-order chi connectivity index (χ0) is 19.9. The average Bonchev–Trinajstić information content (AvgIpc) is 3.16. The second-order valence-corrected chi connectivity index (χ2v) is 5.65. The number of hydrogen-bond acceptors (Lipinski definition) is 5. The average molecular weight is 382 g/mol. The molecule has 28 heavy (non-hydrogen) atoms. The van der Waals surface area contributed by atoms with Crippen LogP contribution in [0.3, 0.4) is 0 Å². The number of benzene rings is 2. The molecule has 0 aliphatic rings. The first-order valence-electron chi connectivity index (χ1n) is 8.18. The maximum Gasteiger partial charge on any atom is 0.335 e. The Labute approximate surface area is 158 Å². The number of urea groups is 1. The van der Waals surface area contributed by atoms with Crippen LogP contribution in [-0.2, 0) is 6.54 Å². The summed E-state index contributed by atoms with van der Waals surface area (Å²) in [5.41, 5.74) is 3.27. The first kappa shape index (κ1) is 18.8. The van der Waals surface area contributed by atoms with Crippen LogP contribution in [0.5, 0.6) is 0 Å². The molecule has 0 aliphatic heterocycles. The van der Waals surface area contributed by atoms with Crippen molar-refractivity contribution in [2.24, 2.45) is 5.10 Å². The summed E-state index contributed by atoms with van der Waals surface area (Å²) >= 11 is 0. The second-order valence-electron chi connectivity index (χ2n) is 5.65. The minimum Gasteiger partial charge on any atom is -0.455 e. The van der Waals surface area contributed by atoms with Crippen LogP contribution in [-0.4, -0.2) is 17.2 Å². The van der Waals surface area contributed by atoms with E-state index in [2.05, 4.69) is 15.8 Å². The van der Waals surface area contributed by atoms with Gasteiger partial charge in [0.05, 0.1) is 11.1 Å². The minimum absolute atomic E-state index is 0.0114. The van der Waals surface area contributed by atoms with Crippen molar-refractivity contribution in [3.05, 3.63) is 87.9 Å². The Bertz CT molecular complexity index is 1010. The van der Waals surface area contributed by atoms with Gasteiger partial charge in [0.15, 0.2) is 0 Å². The highest BCUT2D eigenvalue weighted by Crippen LogP contribution is 2.23. The number of rotatable bonds is 6. The Balaban J connectivity index is 1.53. The molecule has 9 heteroatoms. The fraction of sp³-hybridized carbons (Fsp3) is 0.0526. The number of hydrazone groups is 1. The largest absolute Gasteiger partial charge is 0.455 e. The lowest BCUT2D eigenvalue weighted by atomic mass is 10.1. The van der Waals surface area contributed by atoms with Crippen LogP contribution >= 0.6 is 0 Å². The SMILES string of the molecule is O=C(NCc1ccccc1F)N/N=C/c1ccc(-c2ccc([N+](=O)[O-])cc2)o1. The first-order valence-corrected chi connectivity index (χ1v) is 8.18. The number of hydrogen-bond donors (Lipinski definition) is 2. The predicted octanol–water partition coefficient (Wildman–Crippen LogP) is 3.83. The summed E-state index contributed by atoms with van der Waals surface area (Å²) in [6.45, 7) is 0.0269. The molecule has 1 aromatic heterocycles. The molecule has 0 aliphatic carbocycles. The molecule has 3 aromatic rings. The third-order valence-corrected chi connectivity index (χ3v) is 3.74. The zero-order valence-electron chi connectivity index (χ0n) is 14.5. The number of furan rings is 1. The summed E-state index contributed by atoms with van der Waals surface area (Å²) in [4.78, 5) is 21.9. The molecule has 0 atom stereocenters. The molecule has 8 nitrogen and oxygen atoms in total.